The summed E-state index contributed by atoms with van der Waals surface area (Å²) in [5.74, 6) is 0.743. The van der Waals surface area contributed by atoms with Crippen LogP contribution < -0.4 is 5.32 Å². The van der Waals surface area contributed by atoms with Gasteiger partial charge in [-0.3, -0.25) is 0 Å². The molecule has 0 saturated carbocycles. The first kappa shape index (κ1) is 15.1. The maximum Gasteiger partial charge on any atom is 0.159 e. The van der Waals surface area contributed by atoms with Crippen LogP contribution in [0.1, 0.15) is 52.4 Å². The fraction of sp³-hybridized carbons (Fsp3) is 0.714. The van der Waals surface area contributed by atoms with E-state index < -0.39 is 5.60 Å². The minimum Gasteiger partial charge on any atom is -0.371 e. The summed E-state index contributed by atoms with van der Waals surface area (Å²) < 4.78 is 5.49. The first-order valence-electron chi connectivity index (χ1n) is 6.42. The number of hydrogen-bond donors (Lipinski definition) is 1. The highest BCUT2D eigenvalue weighted by atomic mass is 16.5. The fourth-order valence-corrected chi connectivity index (χ4v) is 1.48. The third kappa shape index (κ3) is 4.03. The average Bonchev–Trinajstić information content (AvgIpc) is 2.35. The SMILES string of the molecule is CCC(C)(OC)c1ncc(CNC(C)(C)C)cn1. The lowest BCUT2D eigenvalue weighted by Crippen LogP contribution is -2.35. The molecule has 0 aliphatic carbocycles. The minimum atomic E-state index is -0.393. The summed E-state index contributed by atoms with van der Waals surface area (Å²) in [6.45, 7) is 11.3. The van der Waals surface area contributed by atoms with Crippen molar-refractivity contribution >= 4 is 0 Å². The van der Waals surface area contributed by atoms with E-state index in [0.29, 0.717) is 0 Å². The second-order valence-corrected chi connectivity index (χ2v) is 5.81. The Morgan fingerprint density at radius 1 is 1.17 bits per heavy atom. The van der Waals surface area contributed by atoms with E-state index in [4.69, 9.17) is 4.74 Å². The van der Waals surface area contributed by atoms with E-state index in [1.807, 2.05) is 19.3 Å². The highest BCUT2D eigenvalue weighted by Crippen LogP contribution is 2.24. The number of nitrogens with zero attached hydrogens (tertiary/aromatic N) is 2. The van der Waals surface area contributed by atoms with Gasteiger partial charge in [-0.25, -0.2) is 9.97 Å². The normalized spacial score (nSPS) is 15.4. The second-order valence-electron chi connectivity index (χ2n) is 5.81. The molecule has 102 valence electrons. The van der Waals surface area contributed by atoms with Crippen molar-refractivity contribution in [3.63, 3.8) is 0 Å². The number of rotatable bonds is 5. The number of aromatic nitrogens is 2. The number of hydrogen-bond acceptors (Lipinski definition) is 4. The predicted molar refractivity (Wildman–Crippen MR) is 73.3 cm³/mol. The molecule has 4 nitrogen and oxygen atoms in total. The van der Waals surface area contributed by atoms with E-state index in [1.54, 1.807) is 7.11 Å². The van der Waals surface area contributed by atoms with Gasteiger partial charge in [0.05, 0.1) is 0 Å². The Morgan fingerprint density at radius 2 is 1.72 bits per heavy atom. The standard InChI is InChI=1S/C14H25N3O/c1-7-14(5,18-6)12-15-8-11(9-16-12)10-17-13(2,3)4/h8-9,17H,7,10H2,1-6H3. The molecule has 1 N–H and O–H groups in total. The van der Waals surface area contributed by atoms with Crippen LogP contribution >= 0.6 is 0 Å². The quantitative estimate of drug-likeness (QED) is 0.874. The first-order chi connectivity index (χ1) is 8.30. The van der Waals surface area contributed by atoms with E-state index in [9.17, 15) is 0 Å². The highest BCUT2D eigenvalue weighted by Gasteiger charge is 2.26. The molecule has 1 aromatic rings. The number of nitrogens with one attached hydrogen (secondary N) is 1. The summed E-state index contributed by atoms with van der Waals surface area (Å²) in [4.78, 5) is 8.83. The van der Waals surface area contributed by atoms with Gasteiger partial charge in [0.15, 0.2) is 5.82 Å². The molecule has 1 aromatic heterocycles. The zero-order valence-electron chi connectivity index (χ0n) is 12.4. The van der Waals surface area contributed by atoms with Crippen LogP contribution in [0.3, 0.4) is 0 Å². The lowest BCUT2D eigenvalue weighted by molar-refractivity contribution is -0.00904. The summed E-state index contributed by atoms with van der Waals surface area (Å²) in [6, 6.07) is 0. The van der Waals surface area contributed by atoms with Gasteiger partial charge in [-0.05, 0) is 34.1 Å². The van der Waals surface area contributed by atoms with Crippen molar-refractivity contribution in [1.82, 2.24) is 15.3 Å². The van der Waals surface area contributed by atoms with Crippen molar-refractivity contribution in [2.45, 2.75) is 58.7 Å². The lowest BCUT2D eigenvalue weighted by Gasteiger charge is -2.25. The van der Waals surface area contributed by atoms with Gasteiger partial charge < -0.3 is 10.1 Å². The molecular weight excluding hydrogens is 226 g/mol. The highest BCUT2D eigenvalue weighted by molar-refractivity contribution is 5.09. The van der Waals surface area contributed by atoms with Crippen molar-refractivity contribution in [3.8, 4) is 0 Å². The summed E-state index contributed by atoms with van der Waals surface area (Å²) in [6.07, 6.45) is 4.59. The molecule has 0 spiro atoms. The average molecular weight is 251 g/mol. The molecule has 0 fully saturated rings. The Bertz CT molecular complexity index is 364. The van der Waals surface area contributed by atoms with Crippen molar-refractivity contribution in [2.75, 3.05) is 7.11 Å². The van der Waals surface area contributed by atoms with Gasteiger partial charge in [0.1, 0.15) is 5.60 Å². The number of ether oxygens (including phenoxy) is 1. The van der Waals surface area contributed by atoms with Gasteiger partial charge >= 0.3 is 0 Å². The van der Waals surface area contributed by atoms with E-state index in [2.05, 4.69) is 43.0 Å². The molecule has 18 heavy (non-hydrogen) atoms. The fourth-order valence-electron chi connectivity index (χ4n) is 1.48. The molecule has 1 unspecified atom stereocenters. The third-order valence-corrected chi connectivity index (χ3v) is 3.13. The Labute approximate surface area is 110 Å². The second kappa shape index (κ2) is 5.76. The Balaban J connectivity index is 2.74. The maximum absolute atomic E-state index is 5.49. The van der Waals surface area contributed by atoms with Gasteiger partial charge in [-0.2, -0.15) is 0 Å². The molecular formula is C14H25N3O. The van der Waals surface area contributed by atoms with Crippen molar-refractivity contribution in [3.05, 3.63) is 23.8 Å². The van der Waals surface area contributed by atoms with Crippen molar-refractivity contribution in [1.29, 1.82) is 0 Å². The van der Waals surface area contributed by atoms with Gasteiger partial charge in [0.25, 0.3) is 0 Å². The van der Waals surface area contributed by atoms with Crippen LogP contribution in [0.15, 0.2) is 12.4 Å². The number of methoxy groups -OCH3 is 1. The van der Waals surface area contributed by atoms with Crippen LogP contribution in [0.5, 0.6) is 0 Å². The van der Waals surface area contributed by atoms with Gasteiger partial charge in [0, 0.05) is 37.2 Å². The zero-order valence-corrected chi connectivity index (χ0v) is 12.4. The van der Waals surface area contributed by atoms with Crippen LogP contribution in [0.25, 0.3) is 0 Å². The maximum atomic E-state index is 5.49. The van der Waals surface area contributed by atoms with Crippen molar-refractivity contribution in [2.24, 2.45) is 0 Å². The third-order valence-electron chi connectivity index (χ3n) is 3.13. The van der Waals surface area contributed by atoms with Crippen LogP contribution in [0, 0.1) is 0 Å². The molecule has 0 aromatic carbocycles. The predicted octanol–water partition coefficient (Wildman–Crippen LogP) is 2.64. The zero-order chi connectivity index (χ0) is 13.8. The molecule has 0 aliphatic rings. The summed E-state index contributed by atoms with van der Waals surface area (Å²) >= 11 is 0. The minimum absolute atomic E-state index is 0.100. The molecule has 4 heteroatoms. The first-order valence-corrected chi connectivity index (χ1v) is 6.42. The van der Waals surface area contributed by atoms with Gasteiger partial charge in [-0.1, -0.05) is 6.92 Å². The Kier molecular flexibility index (Phi) is 4.82. The van der Waals surface area contributed by atoms with Gasteiger partial charge in [0.2, 0.25) is 0 Å². The molecule has 0 saturated heterocycles. The van der Waals surface area contributed by atoms with E-state index in [0.717, 1.165) is 24.4 Å². The largest absolute Gasteiger partial charge is 0.371 e. The van der Waals surface area contributed by atoms with Crippen LogP contribution in [0.2, 0.25) is 0 Å². The van der Waals surface area contributed by atoms with Crippen LogP contribution in [0.4, 0.5) is 0 Å². The van der Waals surface area contributed by atoms with E-state index in [1.165, 1.54) is 0 Å². The Morgan fingerprint density at radius 3 is 2.11 bits per heavy atom. The molecule has 1 rings (SSSR count). The summed E-state index contributed by atoms with van der Waals surface area (Å²) in [7, 11) is 1.70. The van der Waals surface area contributed by atoms with Gasteiger partial charge in [-0.15, -0.1) is 0 Å². The smallest absolute Gasteiger partial charge is 0.159 e. The summed E-state index contributed by atoms with van der Waals surface area (Å²) in [5, 5.41) is 3.41. The molecule has 1 heterocycles. The Hall–Kier alpha value is -1.00. The molecule has 0 aliphatic heterocycles. The van der Waals surface area contributed by atoms with E-state index >= 15 is 0 Å². The molecule has 0 radical (unpaired) electrons. The van der Waals surface area contributed by atoms with Crippen molar-refractivity contribution < 1.29 is 4.74 Å². The van der Waals surface area contributed by atoms with E-state index in [-0.39, 0.29) is 5.54 Å². The summed E-state index contributed by atoms with van der Waals surface area (Å²) in [5.41, 5.74) is 0.794. The van der Waals surface area contributed by atoms with Crippen LogP contribution in [-0.2, 0) is 16.9 Å². The molecule has 0 amide bonds. The molecule has 1 atom stereocenters. The monoisotopic (exact) mass is 251 g/mol. The van der Waals surface area contributed by atoms with Crippen LogP contribution in [-0.4, -0.2) is 22.6 Å². The molecule has 0 bridgehead atoms. The topological polar surface area (TPSA) is 47.0 Å². The lowest BCUT2D eigenvalue weighted by atomic mass is 10.0.